The topological polar surface area (TPSA) is 31.0 Å². The van der Waals surface area contributed by atoms with Gasteiger partial charge >= 0.3 is 0 Å². The summed E-state index contributed by atoms with van der Waals surface area (Å²) in [5.74, 6) is 1.61. The van der Waals surface area contributed by atoms with E-state index in [1.54, 1.807) is 6.26 Å². The Balaban J connectivity index is 1.55. The van der Waals surface area contributed by atoms with Gasteiger partial charge in [-0.05, 0) is 70.3 Å². The van der Waals surface area contributed by atoms with E-state index < -0.39 is 6.37 Å². The molecule has 0 spiro atoms. The fourth-order valence-electron chi connectivity index (χ4n) is 5.46. The van der Waals surface area contributed by atoms with Crippen molar-refractivity contribution in [2.24, 2.45) is 0 Å². The molecule has 0 atom stereocenters. The molecule has 0 saturated heterocycles. The van der Waals surface area contributed by atoms with Crippen LogP contribution in [0, 0.1) is 0 Å². The van der Waals surface area contributed by atoms with Crippen molar-refractivity contribution in [1.29, 1.82) is 0 Å². The van der Waals surface area contributed by atoms with Crippen molar-refractivity contribution in [2.75, 3.05) is 0 Å². The first kappa shape index (κ1) is 21.9. The van der Waals surface area contributed by atoms with Gasteiger partial charge in [0.25, 0.3) is 0 Å². The summed E-state index contributed by atoms with van der Waals surface area (Å²) in [7, 11) is 0. The van der Waals surface area contributed by atoms with Gasteiger partial charge < -0.3 is 8.98 Å². The van der Waals surface area contributed by atoms with Crippen molar-refractivity contribution in [3.05, 3.63) is 125 Å². The Kier molecular flexibility index (Phi) is 5.76. The molecule has 3 heteroatoms. The third-order valence-corrected chi connectivity index (χ3v) is 7.34. The largest absolute Gasteiger partial charge is 0.464 e. The van der Waals surface area contributed by atoms with Crippen molar-refractivity contribution in [1.82, 2.24) is 9.55 Å². The normalized spacial score (nSPS) is 13.0. The number of hydrogen-bond acceptors (Lipinski definition) is 2. The molecule has 3 nitrogen and oxygen atoms in total. The number of para-hydroxylation sites is 2. The standard InChI is InChI=1S/C35H34N2O/c1-23(2)27-13-10-14-28(24(3)4)30(27)21-37-33-16-9-8-15-32(33)36-35(37)31-22-38-34-18-17-26(20-29(31)34)19-25-11-6-5-7-12-25/h5-18,20,22-24H,19,21H2,1-4H3/i19D2. The second-order valence-corrected chi connectivity index (χ2v) is 10.6. The van der Waals surface area contributed by atoms with E-state index in [9.17, 15) is 0 Å². The predicted octanol–water partition coefficient (Wildman–Crippen LogP) is 9.34. The summed E-state index contributed by atoms with van der Waals surface area (Å²) >= 11 is 0. The number of furan rings is 1. The first-order valence-electron chi connectivity index (χ1n) is 14.4. The van der Waals surface area contributed by atoms with E-state index in [1.165, 1.54) is 16.7 Å². The summed E-state index contributed by atoms with van der Waals surface area (Å²) in [5.41, 5.74) is 8.83. The third kappa shape index (κ3) is 4.43. The van der Waals surface area contributed by atoms with Gasteiger partial charge in [0, 0.05) is 8.13 Å². The van der Waals surface area contributed by atoms with Gasteiger partial charge in [0.05, 0.1) is 23.1 Å². The van der Waals surface area contributed by atoms with Crippen molar-refractivity contribution < 1.29 is 7.16 Å². The lowest BCUT2D eigenvalue weighted by Gasteiger charge is -2.21. The Morgan fingerprint density at radius 3 is 2.24 bits per heavy atom. The Labute approximate surface area is 227 Å². The molecular formula is C35H34N2O. The van der Waals surface area contributed by atoms with Crippen molar-refractivity contribution in [2.45, 2.75) is 52.4 Å². The fraction of sp³-hybridized carbons (Fsp3) is 0.229. The van der Waals surface area contributed by atoms with E-state index >= 15 is 0 Å². The molecule has 2 aromatic heterocycles. The Morgan fingerprint density at radius 1 is 0.789 bits per heavy atom. The summed E-state index contributed by atoms with van der Waals surface area (Å²) < 4.78 is 26.2. The van der Waals surface area contributed by atoms with Crippen LogP contribution in [0.5, 0.6) is 0 Å². The van der Waals surface area contributed by atoms with Crippen LogP contribution in [0.1, 0.15) is 70.1 Å². The van der Waals surface area contributed by atoms with Gasteiger partial charge in [-0.1, -0.05) is 94.4 Å². The molecular weight excluding hydrogens is 464 g/mol. The fourth-order valence-corrected chi connectivity index (χ4v) is 5.46. The Morgan fingerprint density at radius 2 is 1.50 bits per heavy atom. The lowest BCUT2D eigenvalue weighted by Crippen LogP contribution is -2.10. The minimum Gasteiger partial charge on any atom is -0.464 e. The molecule has 38 heavy (non-hydrogen) atoms. The van der Waals surface area contributed by atoms with Crippen LogP contribution in [0.15, 0.2) is 102 Å². The van der Waals surface area contributed by atoms with Crippen LogP contribution >= 0.6 is 0 Å². The molecule has 2 heterocycles. The van der Waals surface area contributed by atoms with Gasteiger partial charge in [0.1, 0.15) is 17.7 Å². The number of hydrogen-bond donors (Lipinski definition) is 0. The van der Waals surface area contributed by atoms with Gasteiger partial charge in [-0.3, -0.25) is 0 Å². The first-order chi connectivity index (χ1) is 19.3. The molecule has 0 unspecified atom stereocenters. The maximum Gasteiger partial charge on any atom is 0.145 e. The predicted molar refractivity (Wildman–Crippen MR) is 158 cm³/mol. The van der Waals surface area contributed by atoms with E-state index in [-0.39, 0.29) is 0 Å². The first-order valence-corrected chi connectivity index (χ1v) is 13.4. The highest BCUT2D eigenvalue weighted by Gasteiger charge is 2.21. The number of imidazole rings is 1. The van der Waals surface area contributed by atoms with Crippen LogP contribution in [0.3, 0.4) is 0 Å². The summed E-state index contributed by atoms with van der Waals surface area (Å²) in [6, 6.07) is 29.8. The van der Waals surface area contributed by atoms with E-state index in [2.05, 4.69) is 68.7 Å². The molecule has 6 aromatic rings. The smallest absolute Gasteiger partial charge is 0.145 e. The molecule has 0 N–H and O–H groups in total. The van der Waals surface area contributed by atoms with Crippen LogP contribution in [0.25, 0.3) is 33.4 Å². The minimum atomic E-state index is -1.65. The summed E-state index contributed by atoms with van der Waals surface area (Å²) in [6.45, 7) is 9.70. The quantitative estimate of drug-likeness (QED) is 0.219. The zero-order chi connectivity index (χ0) is 28.0. The van der Waals surface area contributed by atoms with Crippen LogP contribution in [-0.2, 0) is 12.9 Å². The molecule has 0 bridgehead atoms. The highest BCUT2D eigenvalue weighted by Crippen LogP contribution is 2.36. The molecule has 0 aliphatic rings. The van der Waals surface area contributed by atoms with Crippen molar-refractivity contribution >= 4 is 22.0 Å². The van der Waals surface area contributed by atoms with E-state index in [1.807, 2.05) is 54.6 Å². The zero-order valence-electron chi connectivity index (χ0n) is 24.4. The van der Waals surface area contributed by atoms with Crippen molar-refractivity contribution in [3.8, 4) is 11.4 Å². The Bertz CT molecular complexity index is 1790. The van der Waals surface area contributed by atoms with Gasteiger partial charge in [0.15, 0.2) is 0 Å². The van der Waals surface area contributed by atoms with Crippen molar-refractivity contribution in [3.63, 3.8) is 0 Å². The molecule has 0 saturated carbocycles. The zero-order valence-corrected chi connectivity index (χ0v) is 22.4. The van der Waals surface area contributed by atoms with E-state index in [0.717, 1.165) is 27.8 Å². The second kappa shape index (κ2) is 9.98. The molecule has 4 aromatic carbocycles. The molecule has 0 fully saturated rings. The average molecular weight is 501 g/mol. The number of rotatable bonds is 7. The maximum atomic E-state index is 8.93. The minimum absolute atomic E-state index is 0.393. The number of nitrogens with zero attached hydrogens (tertiary/aromatic N) is 2. The maximum absolute atomic E-state index is 8.93. The summed E-state index contributed by atoms with van der Waals surface area (Å²) in [6.07, 6.45) is 0.119. The highest BCUT2D eigenvalue weighted by atomic mass is 16.3. The molecule has 0 radical (unpaired) electrons. The molecule has 6 rings (SSSR count). The SMILES string of the molecule is [2H]C([2H])(c1ccccc1)c1ccc2occ(-c3nc4ccccc4n3Cc3c(C(C)C)cccc3C(C)C)c2c1. The van der Waals surface area contributed by atoms with Crippen LogP contribution < -0.4 is 0 Å². The lowest BCUT2D eigenvalue weighted by atomic mass is 9.88. The number of fused-ring (bicyclic) bond motifs is 2. The lowest BCUT2D eigenvalue weighted by molar-refractivity contribution is 0.616. The van der Waals surface area contributed by atoms with Gasteiger partial charge in [-0.25, -0.2) is 4.98 Å². The average Bonchev–Trinajstić information content (AvgIpc) is 3.54. The van der Waals surface area contributed by atoms with Crippen LogP contribution in [-0.4, -0.2) is 9.55 Å². The molecule has 0 amide bonds. The van der Waals surface area contributed by atoms with Gasteiger partial charge in [-0.15, -0.1) is 0 Å². The van der Waals surface area contributed by atoms with Crippen LogP contribution in [0.2, 0.25) is 0 Å². The second-order valence-electron chi connectivity index (χ2n) is 10.6. The molecule has 0 aliphatic heterocycles. The molecule has 190 valence electrons. The molecule has 0 aliphatic carbocycles. The Hall–Kier alpha value is -4.11. The van der Waals surface area contributed by atoms with E-state index in [0.29, 0.717) is 35.1 Å². The summed E-state index contributed by atoms with van der Waals surface area (Å²) in [5, 5.41) is 0.857. The number of aromatic nitrogens is 2. The van der Waals surface area contributed by atoms with Gasteiger partial charge in [-0.2, -0.15) is 0 Å². The van der Waals surface area contributed by atoms with Crippen LogP contribution in [0.4, 0.5) is 0 Å². The summed E-state index contributed by atoms with van der Waals surface area (Å²) in [4.78, 5) is 5.11. The third-order valence-electron chi connectivity index (χ3n) is 7.34. The highest BCUT2D eigenvalue weighted by molar-refractivity contribution is 5.95. The number of benzene rings is 4. The monoisotopic (exact) mass is 500 g/mol. The van der Waals surface area contributed by atoms with E-state index in [4.69, 9.17) is 12.1 Å². The van der Waals surface area contributed by atoms with Gasteiger partial charge in [0.2, 0.25) is 0 Å².